The van der Waals surface area contributed by atoms with Gasteiger partial charge in [-0.3, -0.25) is 14.4 Å². The fourth-order valence-corrected chi connectivity index (χ4v) is 6.07. The van der Waals surface area contributed by atoms with E-state index in [9.17, 15) is 50.1 Å². The number of hydrogen-bond donors (Lipinski definition) is 7. The number of hydrogen-bond acceptors (Lipinski definition) is 13. The normalized spacial score (nSPS) is 32.6. The monoisotopic (exact) mass is 574 g/mol. The average molecular weight is 575 g/mol. The molecular weight excluding hydrogens is 544 g/mol. The number of aliphatic hydroxyl groups excluding tert-OH is 3. The Morgan fingerprint density at radius 1 is 0.976 bits per heavy atom. The molecule has 0 bridgehead atoms. The Morgan fingerprint density at radius 3 is 2.24 bits per heavy atom. The molecule has 13 nitrogen and oxygen atoms in total. The van der Waals surface area contributed by atoms with Crippen molar-refractivity contribution >= 4 is 17.5 Å². The fourth-order valence-electron chi connectivity index (χ4n) is 6.07. The topological polar surface area (TPSA) is 221 Å². The number of ether oxygens (including phenoxy) is 3. The second kappa shape index (κ2) is 10.0. The van der Waals surface area contributed by atoms with Crippen LogP contribution in [0.25, 0.3) is 0 Å². The Balaban J connectivity index is 1.77. The van der Waals surface area contributed by atoms with Crippen molar-refractivity contribution in [2.45, 2.75) is 75.0 Å². The van der Waals surface area contributed by atoms with Gasteiger partial charge in [-0.25, -0.2) is 0 Å². The summed E-state index contributed by atoms with van der Waals surface area (Å²) in [6, 6.07) is 3.75. The highest BCUT2D eigenvalue weighted by molar-refractivity contribution is 6.31. The number of rotatable bonds is 4. The highest BCUT2D eigenvalue weighted by Gasteiger charge is 2.55. The molecule has 1 fully saturated rings. The van der Waals surface area contributed by atoms with Gasteiger partial charge in [-0.2, -0.15) is 0 Å². The summed E-state index contributed by atoms with van der Waals surface area (Å²) in [5.74, 6) is -6.87. The molecule has 7 N–H and O–H groups in total. The predicted octanol–water partition coefficient (Wildman–Crippen LogP) is 0.265. The van der Waals surface area contributed by atoms with Crippen LogP contribution in [0.2, 0.25) is 0 Å². The third-order valence-corrected chi connectivity index (χ3v) is 8.34. The first-order chi connectivity index (χ1) is 19.3. The van der Waals surface area contributed by atoms with E-state index in [1.54, 1.807) is 0 Å². The number of phenols is 3. The molecule has 8 atom stereocenters. The molecule has 0 radical (unpaired) electrons. The quantitative estimate of drug-likeness (QED) is 0.164. The molecule has 1 aliphatic heterocycles. The van der Waals surface area contributed by atoms with Crippen molar-refractivity contribution in [3.63, 3.8) is 0 Å². The van der Waals surface area contributed by atoms with Gasteiger partial charge in [-0.15, -0.1) is 0 Å². The van der Waals surface area contributed by atoms with E-state index in [-0.39, 0.29) is 17.5 Å². The molecule has 0 saturated carbocycles. The van der Waals surface area contributed by atoms with Gasteiger partial charge in [0.25, 0.3) is 0 Å². The lowest BCUT2D eigenvalue weighted by molar-refractivity contribution is -0.309. The molecule has 0 unspecified atom stereocenters. The Morgan fingerprint density at radius 2 is 1.61 bits per heavy atom. The van der Waals surface area contributed by atoms with Crippen molar-refractivity contribution in [1.29, 1.82) is 0 Å². The first-order valence-corrected chi connectivity index (χ1v) is 13.0. The van der Waals surface area contributed by atoms with Gasteiger partial charge < -0.3 is 50.0 Å². The Hall–Kier alpha value is -3.59. The molecule has 5 rings (SSSR count). The number of phenolic OH excluding ortho intramolecular Hbond substituents is 3. The van der Waals surface area contributed by atoms with E-state index in [0.717, 1.165) is 7.11 Å². The number of aliphatic hydroxyl groups is 4. The highest BCUT2D eigenvalue weighted by atomic mass is 16.7. The van der Waals surface area contributed by atoms with Crippen molar-refractivity contribution in [2.24, 2.45) is 0 Å². The molecule has 2 aliphatic carbocycles. The summed E-state index contributed by atoms with van der Waals surface area (Å²) in [5.41, 5.74) is -4.74. The van der Waals surface area contributed by atoms with Crippen molar-refractivity contribution in [3.05, 3.63) is 51.6 Å². The molecular formula is C28H30O13. The second-order valence-electron chi connectivity index (χ2n) is 10.6. The Kier molecular flexibility index (Phi) is 7.09. The molecule has 2 aromatic carbocycles. The lowest BCUT2D eigenvalue weighted by Crippen LogP contribution is -2.58. The van der Waals surface area contributed by atoms with Gasteiger partial charge in [0.2, 0.25) is 5.78 Å². The molecule has 3 aliphatic rings. The van der Waals surface area contributed by atoms with Crippen molar-refractivity contribution in [3.8, 4) is 17.2 Å². The molecule has 0 amide bonds. The van der Waals surface area contributed by atoms with E-state index in [2.05, 4.69) is 0 Å². The summed E-state index contributed by atoms with van der Waals surface area (Å²) in [5, 5.41) is 76.1. The standard InChI is InChI=1S/C28H30O13/c1-4-28(38)8-12(41-27-25(36)24(35)19(30)9(2)40-27)14-15(18(28)26(37)39-3)23(34)16-17(22(14)33)21(32)13-10(20(16)31)6-5-7-11(13)29/h5-7,9,12,18-19,24-25,27,29-30,33-36,38H,4,8H2,1-3H3/t9-,12-,18-,19+,24+,25-,27-,28+/m0/s1. The number of methoxy groups -OCH3 is 1. The predicted molar refractivity (Wildman–Crippen MR) is 136 cm³/mol. The van der Waals surface area contributed by atoms with Crippen LogP contribution < -0.4 is 0 Å². The maximum atomic E-state index is 13.6. The van der Waals surface area contributed by atoms with E-state index < -0.39 is 112 Å². The highest BCUT2D eigenvalue weighted by Crippen LogP contribution is 2.57. The van der Waals surface area contributed by atoms with Crippen molar-refractivity contribution in [2.75, 3.05) is 7.11 Å². The third kappa shape index (κ3) is 4.11. The molecule has 220 valence electrons. The van der Waals surface area contributed by atoms with E-state index >= 15 is 0 Å². The summed E-state index contributed by atoms with van der Waals surface area (Å²) in [6.45, 7) is 2.95. The SMILES string of the molecule is CC[C@@]1(O)C[C@H](O[C@@H]2O[C@@H](C)[C@@H](O)[C@@H](O)[C@@H]2O)c2c(O)c3c(c(O)c2[C@H]1C(=O)OC)C(=O)c1cccc(O)c1C3=O. The van der Waals surface area contributed by atoms with Gasteiger partial charge in [0.05, 0.1) is 41.6 Å². The molecule has 13 heteroatoms. The number of benzene rings is 2. The van der Waals surface area contributed by atoms with E-state index in [0.29, 0.717) is 0 Å². The maximum Gasteiger partial charge on any atom is 0.316 e. The maximum absolute atomic E-state index is 13.6. The van der Waals surface area contributed by atoms with Crippen LogP contribution in [0.5, 0.6) is 17.2 Å². The molecule has 2 aromatic rings. The Bertz CT molecular complexity index is 1450. The first kappa shape index (κ1) is 28.9. The minimum atomic E-state index is -2.00. The minimum absolute atomic E-state index is 0.112. The fraction of sp³-hybridized carbons (Fsp3) is 0.464. The van der Waals surface area contributed by atoms with Crippen LogP contribution in [-0.2, 0) is 19.0 Å². The number of carbonyl (C=O) groups excluding carboxylic acids is 3. The number of ketones is 2. The lowest BCUT2D eigenvalue weighted by atomic mass is 9.66. The molecule has 1 heterocycles. The van der Waals surface area contributed by atoms with Crippen LogP contribution in [0.3, 0.4) is 0 Å². The Labute approximate surface area is 233 Å². The molecule has 41 heavy (non-hydrogen) atoms. The first-order valence-electron chi connectivity index (χ1n) is 13.0. The number of carbonyl (C=O) groups is 3. The smallest absolute Gasteiger partial charge is 0.316 e. The van der Waals surface area contributed by atoms with E-state index in [1.807, 2.05) is 0 Å². The summed E-state index contributed by atoms with van der Waals surface area (Å²) in [6.07, 6.45) is -9.64. The molecule has 0 aromatic heterocycles. The van der Waals surface area contributed by atoms with Gasteiger partial charge >= 0.3 is 5.97 Å². The summed E-state index contributed by atoms with van der Waals surface area (Å²) < 4.78 is 16.4. The molecule has 0 spiro atoms. The molecule has 1 saturated heterocycles. The van der Waals surface area contributed by atoms with Gasteiger partial charge in [0, 0.05) is 23.1 Å². The van der Waals surface area contributed by atoms with Crippen LogP contribution in [0.1, 0.15) is 81.7 Å². The lowest BCUT2D eigenvalue weighted by Gasteiger charge is -2.46. The van der Waals surface area contributed by atoms with Gasteiger partial charge in [0.15, 0.2) is 12.1 Å². The second-order valence-corrected chi connectivity index (χ2v) is 10.6. The zero-order valence-electron chi connectivity index (χ0n) is 22.3. The van der Waals surface area contributed by atoms with Crippen LogP contribution >= 0.6 is 0 Å². The van der Waals surface area contributed by atoms with Gasteiger partial charge in [-0.05, 0) is 19.4 Å². The van der Waals surface area contributed by atoms with Crippen LogP contribution in [0, 0.1) is 0 Å². The van der Waals surface area contributed by atoms with E-state index in [1.165, 1.54) is 32.0 Å². The van der Waals surface area contributed by atoms with Crippen LogP contribution in [0.4, 0.5) is 0 Å². The largest absolute Gasteiger partial charge is 0.507 e. The summed E-state index contributed by atoms with van der Waals surface area (Å²) in [7, 11) is 1.05. The van der Waals surface area contributed by atoms with Crippen LogP contribution in [-0.4, -0.2) is 96.7 Å². The number of esters is 1. The van der Waals surface area contributed by atoms with Gasteiger partial charge in [0.1, 0.15) is 41.5 Å². The van der Waals surface area contributed by atoms with Crippen LogP contribution in [0.15, 0.2) is 18.2 Å². The summed E-state index contributed by atoms with van der Waals surface area (Å²) in [4.78, 5) is 40.2. The van der Waals surface area contributed by atoms with Gasteiger partial charge in [-0.1, -0.05) is 19.1 Å². The average Bonchev–Trinajstić information content (AvgIpc) is 2.94. The number of fused-ring (bicyclic) bond motifs is 3. The zero-order valence-corrected chi connectivity index (χ0v) is 22.3. The number of aromatic hydroxyl groups is 3. The van der Waals surface area contributed by atoms with Crippen molar-refractivity contribution in [1.82, 2.24) is 0 Å². The zero-order chi connectivity index (χ0) is 30.1. The van der Waals surface area contributed by atoms with Crippen molar-refractivity contribution < 1.29 is 64.3 Å². The summed E-state index contributed by atoms with van der Waals surface area (Å²) >= 11 is 0. The van der Waals surface area contributed by atoms with E-state index in [4.69, 9.17) is 14.2 Å². The third-order valence-electron chi connectivity index (χ3n) is 8.34. The minimum Gasteiger partial charge on any atom is -0.507 e.